The van der Waals surface area contributed by atoms with Gasteiger partial charge in [-0.25, -0.2) is 14.6 Å². The van der Waals surface area contributed by atoms with Gasteiger partial charge in [-0.1, -0.05) is 27.7 Å². The Kier molecular flexibility index (Phi) is 4.49. The highest BCUT2D eigenvalue weighted by Gasteiger charge is 2.12. The van der Waals surface area contributed by atoms with Crippen LogP contribution < -0.4 is 5.32 Å². The molecular weight excluding hydrogens is 250 g/mol. The first kappa shape index (κ1) is 14.7. The molecule has 0 aliphatic heterocycles. The summed E-state index contributed by atoms with van der Waals surface area (Å²) in [5, 5.41) is 7.76. The highest BCUT2D eigenvalue weighted by molar-refractivity contribution is 5.34. The molecular formula is C15H23N5. The van der Waals surface area contributed by atoms with Gasteiger partial charge in [-0.3, -0.25) is 0 Å². The zero-order valence-corrected chi connectivity index (χ0v) is 12.9. The molecule has 0 unspecified atom stereocenters. The molecule has 0 aliphatic rings. The molecule has 2 aromatic rings. The van der Waals surface area contributed by atoms with Crippen molar-refractivity contribution in [3.8, 4) is 5.69 Å². The predicted octanol–water partition coefficient (Wildman–Crippen LogP) is 2.63. The fourth-order valence-electron chi connectivity index (χ4n) is 1.97. The first-order valence-electron chi connectivity index (χ1n) is 7.09. The average molecular weight is 273 g/mol. The van der Waals surface area contributed by atoms with E-state index >= 15 is 0 Å². The minimum atomic E-state index is 0.323. The van der Waals surface area contributed by atoms with Crippen molar-refractivity contribution in [1.82, 2.24) is 25.1 Å². The Morgan fingerprint density at radius 3 is 2.50 bits per heavy atom. The van der Waals surface area contributed by atoms with Crippen molar-refractivity contribution in [2.75, 3.05) is 7.05 Å². The van der Waals surface area contributed by atoms with Crippen LogP contribution in [0.4, 0.5) is 0 Å². The molecule has 20 heavy (non-hydrogen) atoms. The van der Waals surface area contributed by atoms with Gasteiger partial charge in [0.25, 0.3) is 0 Å². The zero-order valence-electron chi connectivity index (χ0n) is 12.9. The van der Waals surface area contributed by atoms with Gasteiger partial charge in [0, 0.05) is 18.7 Å². The highest BCUT2D eigenvalue weighted by Crippen LogP contribution is 2.18. The number of hydrogen-bond donors (Lipinski definition) is 1. The third-order valence-corrected chi connectivity index (χ3v) is 3.17. The summed E-state index contributed by atoms with van der Waals surface area (Å²) in [6, 6.07) is 2.05. The molecule has 2 rings (SSSR count). The molecule has 0 fully saturated rings. The second-order valence-corrected chi connectivity index (χ2v) is 5.59. The maximum atomic E-state index is 4.66. The summed E-state index contributed by atoms with van der Waals surface area (Å²) >= 11 is 0. The number of rotatable bonds is 5. The van der Waals surface area contributed by atoms with E-state index in [4.69, 9.17) is 0 Å². The van der Waals surface area contributed by atoms with Crippen LogP contribution in [-0.2, 0) is 6.54 Å². The van der Waals surface area contributed by atoms with Gasteiger partial charge in [0.05, 0.1) is 17.6 Å². The van der Waals surface area contributed by atoms with E-state index < -0.39 is 0 Å². The zero-order chi connectivity index (χ0) is 14.7. The third-order valence-electron chi connectivity index (χ3n) is 3.17. The summed E-state index contributed by atoms with van der Waals surface area (Å²) in [6.07, 6.45) is 3.84. The van der Waals surface area contributed by atoms with E-state index in [1.165, 1.54) is 0 Å². The van der Waals surface area contributed by atoms with Crippen LogP contribution in [0.2, 0.25) is 0 Å². The van der Waals surface area contributed by atoms with E-state index in [9.17, 15) is 0 Å². The topological polar surface area (TPSA) is 55.6 Å². The molecule has 2 heterocycles. The lowest BCUT2D eigenvalue weighted by atomic mass is 10.1. The molecule has 0 aliphatic carbocycles. The van der Waals surface area contributed by atoms with Crippen LogP contribution >= 0.6 is 0 Å². The van der Waals surface area contributed by atoms with Crippen LogP contribution in [0, 0.1) is 0 Å². The molecule has 1 N–H and O–H groups in total. The Morgan fingerprint density at radius 2 is 1.95 bits per heavy atom. The Balaban J connectivity index is 2.43. The largest absolute Gasteiger partial charge is 0.314 e. The van der Waals surface area contributed by atoms with Gasteiger partial charge in [-0.2, -0.15) is 5.10 Å². The fourth-order valence-corrected chi connectivity index (χ4v) is 1.97. The van der Waals surface area contributed by atoms with Gasteiger partial charge in [0.1, 0.15) is 11.5 Å². The maximum Gasteiger partial charge on any atom is 0.131 e. The first-order chi connectivity index (χ1) is 9.52. The maximum absolute atomic E-state index is 4.66. The summed E-state index contributed by atoms with van der Waals surface area (Å²) in [5.41, 5.74) is 2.99. The minimum Gasteiger partial charge on any atom is -0.314 e. The van der Waals surface area contributed by atoms with Crippen molar-refractivity contribution in [3.63, 3.8) is 0 Å². The lowest BCUT2D eigenvalue weighted by Crippen LogP contribution is -2.14. The molecule has 0 bridgehead atoms. The first-order valence-corrected chi connectivity index (χ1v) is 7.09. The summed E-state index contributed by atoms with van der Waals surface area (Å²) in [7, 11) is 1.92. The van der Waals surface area contributed by atoms with Gasteiger partial charge >= 0.3 is 0 Å². The molecule has 0 saturated carbocycles. The predicted molar refractivity (Wildman–Crippen MR) is 80.1 cm³/mol. The molecule has 108 valence electrons. The Morgan fingerprint density at radius 1 is 1.20 bits per heavy atom. The monoisotopic (exact) mass is 273 g/mol. The normalized spacial score (nSPS) is 11.6. The van der Waals surface area contributed by atoms with Crippen molar-refractivity contribution in [3.05, 3.63) is 35.7 Å². The lowest BCUT2D eigenvalue weighted by molar-refractivity contribution is 0.699. The molecule has 0 radical (unpaired) electrons. The van der Waals surface area contributed by atoms with Crippen molar-refractivity contribution in [2.24, 2.45) is 0 Å². The van der Waals surface area contributed by atoms with E-state index in [-0.39, 0.29) is 0 Å². The van der Waals surface area contributed by atoms with Crippen molar-refractivity contribution >= 4 is 0 Å². The molecule has 2 aromatic heterocycles. The molecule has 0 aromatic carbocycles. The van der Waals surface area contributed by atoms with Crippen LogP contribution in [0.5, 0.6) is 0 Å². The van der Waals surface area contributed by atoms with Crippen LogP contribution in [0.3, 0.4) is 0 Å². The average Bonchev–Trinajstić information content (AvgIpc) is 2.88. The summed E-state index contributed by atoms with van der Waals surface area (Å²) in [4.78, 5) is 9.11. The van der Waals surface area contributed by atoms with Crippen LogP contribution in [0.1, 0.15) is 56.7 Å². The van der Waals surface area contributed by atoms with E-state index in [2.05, 4.69) is 48.1 Å². The SMILES string of the molecule is CNCc1nc(C(C)C)ncc1-n1ccc(C(C)C)n1. The second-order valence-electron chi connectivity index (χ2n) is 5.59. The second kappa shape index (κ2) is 6.13. The molecule has 5 nitrogen and oxygen atoms in total. The Hall–Kier alpha value is -1.75. The quantitative estimate of drug-likeness (QED) is 0.910. The number of nitrogens with one attached hydrogen (secondary N) is 1. The smallest absolute Gasteiger partial charge is 0.131 e. The standard InChI is InChI=1S/C15H23N5/c1-10(2)12-6-7-20(19-12)14-9-17-15(11(3)4)18-13(14)8-16-5/h6-7,9-11,16H,8H2,1-5H3. The van der Waals surface area contributed by atoms with Gasteiger partial charge < -0.3 is 5.32 Å². The van der Waals surface area contributed by atoms with Crippen LogP contribution in [0.15, 0.2) is 18.5 Å². The van der Waals surface area contributed by atoms with Crippen molar-refractivity contribution < 1.29 is 0 Å². The Bertz CT molecular complexity index is 571. The van der Waals surface area contributed by atoms with Crippen LogP contribution in [-0.4, -0.2) is 26.8 Å². The fraction of sp³-hybridized carbons (Fsp3) is 0.533. The highest BCUT2D eigenvalue weighted by atomic mass is 15.3. The lowest BCUT2D eigenvalue weighted by Gasteiger charge is -2.11. The number of aromatic nitrogens is 4. The van der Waals surface area contributed by atoms with Crippen molar-refractivity contribution in [1.29, 1.82) is 0 Å². The molecule has 0 atom stereocenters. The summed E-state index contributed by atoms with van der Waals surface area (Å²) < 4.78 is 1.87. The van der Waals surface area contributed by atoms with E-state index in [0.29, 0.717) is 18.4 Å². The van der Waals surface area contributed by atoms with E-state index in [0.717, 1.165) is 22.9 Å². The van der Waals surface area contributed by atoms with Gasteiger partial charge in [-0.15, -0.1) is 0 Å². The van der Waals surface area contributed by atoms with Crippen molar-refractivity contribution in [2.45, 2.75) is 46.1 Å². The molecule has 5 heteroatoms. The summed E-state index contributed by atoms with van der Waals surface area (Å²) in [6.45, 7) is 9.18. The minimum absolute atomic E-state index is 0.323. The van der Waals surface area contributed by atoms with Gasteiger partial charge in [0.15, 0.2) is 0 Å². The molecule has 0 saturated heterocycles. The molecule has 0 spiro atoms. The van der Waals surface area contributed by atoms with Crippen LogP contribution in [0.25, 0.3) is 5.69 Å². The van der Waals surface area contributed by atoms with E-state index in [1.807, 2.05) is 30.2 Å². The third kappa shape index (κ3) is 3.04. The number of nitrogens with zero attached hydrogens (tertiary/aromatic N) is 4. The number of hydrogen-bond acceptors (Lipinski definition) is 4. The van der Waals surface area contributed by atoms with E-state index in [1.54, 1.807) is 0 Å². The molecule has 0 amide bonds. The van der Waals surface area contributed by atoms with Gasteiger partial charge in [0.2, 0.25) is 0 Å². The van der Waals surface area contributed by atoms with Gasteiger partial charge in [-0.05, 0) is 19.0 Å². The Labute approximate surface area is 120 Å². The summed E-state index contributed by atoms with van der Waals surface area (Å²) in [5.74, 6) is 1.61.